The second kappa shape index (κ2) is 5.37. The van der Waals surface area contributed by atoms with Crippen LogP contribution in [0.2, 0.25) is 0 Å². The van der Waals surface area contributed by atoms with Gasteiger partial charge in [-0.05, 0) is 28.8 Å². The van der Waals surface area contributed by atoms with Gasteiger partial charge in [-0.1, -0.05) is 30.3 Å². The van der Waals surface area contributed by atoms with Crippen LogP contribution in [0.4, 0.5) is 0 Å². The molecule has 0 unspecified atom stereocenters. The highest BCUT2D eigenvalue weighted by Gasteiger charge is 2.02. The predicted octanol–water partition coefficient (Wildman–Crippen LogP) is 0.765. The summed E-state index contributed by atoms with van der Waals surface area (Å²) in [5, 5.41) is 11.3. The molecule has 0 spiro atoms. The first-order valence-corrected chi connectivity index (χ1v) is 5.39. The predicted molar refractivity (Wildman–Crippen MR) is 60.5 cm³/mol. The fraction of sp³-hybridized carbons (Fsp3) is 0.364. The van der Waals surface area contributed by atoms with Crippen molar-refractivity contribution < 1.29 is 0 Å². The van der Waals surface area contributed by atoms with Gasteiger partial charge in [-0.25, -0.2) is 4.68 Å². The molecule has 0 fully saturated rings. The highest BCUT2D eigenvalue weighted by molar-refractivity contribution is 5.14. The number of benzene rings is 1. The van der Waals surface area contributed by atoms with Gasteiger partial charge in [0.25, 0.3) is 0 Å². The third-order valence-corrected chi connectivity index (χ3v) is 2.47. The van der Waals surface area contributed by atoms with E-state index in [-0.39, 0.29) is 0 Å². The van der Waals surface area contributed by atoms with Gasteiger partial charge in [0.05, 0.1) is 6.54 Å². The van der Waals surface area contributed by atoms with Crippen molar-refractivity contribution in [3.63, 3.8) is 0 Å². The van der Waals surface area contributed by atoms with E-state index >= 15 is 0 Å². The van der Waals surface area contributed by atoms with E-state index in [1.807, 2.05) is 6.07 Å². The number of hydrogen-bond donors (Lipinski definition) is 1. The zero-order chi connectivity index (χ0) is 11.2. The first-order valence-electron chi connectivity index (χ1n) is 5.39. The summed E-state index contributed by atoms with van der Waals surface area (Å²) in [6.45, 7) is 1.20. The second-order valence-electron chi connectivity index (χ2n) is 3.61. The normalized spacial score (nSPS) is 10.6. The summed E-state index contributed by atoms with van der Waals surface area (Å²) in [5.74, 6) is 0.744. The fourth-order valence-corrected chi connectivity index (χ4v) is 1.62. The molecule has 0 saturated heterocycles. The van der Waals surface area contributed by atoms with Crippen LogP contribution in [-0.4, -0.2) is 20.2 Å². The number of aryl methyl sites for hydroxylation is 2. The smallest absolute Gasteiger partial charge is 0.164 e. The van der Waals surface area contributed by atoms with E-state index in [9.17, 15) is 0 Å². The Labute approximate surface area is 94.3 Å². The van der Waals surface area contributed by atoms with Crippen LogP contribution in [0.5, 0.6) is 0 Å². The molecule has 5 nitrogen and oxygen atoms in total. The summed E-state index contributed by atoms with van der Waals surface area (Å²) >= 11 is 0. The Balaban J connectivity index is 1.85. The Bertz CT molecular complexity index is 423. The van der Waals surface area contributed by atoms with Gasteiger partial charge in [0, 0.05) is 6.54 Å². The van der Waals surface area contributed by atoms with Crippen molar-refractivity contribution >= 4 is 0 Å². The van der Waals surface area contributed by atoms with Crippen LogP contribution in [0, 0.1) is 0 Å². The largest absolute Gasteiger partial charge is 0.324 e. The Kier molecular flexibility index (Phi) is 3.61. The van der Waals surface area contributed by atoms with Crippen LogP contribution in [-0.2, 0) is 19.5 Å². The third kappa shape index (κ3) is 2.64. The molecule has 1 heterocycles. The summed E-state index contributed by atoms with van der Waals surface area (Å²) in [7, 11) is 0. The van der Waals surface area contributed by atoms with E-state index < -0.39 is 0 Å². The molecule has 16 heavy (non-hydrogen) atoms. The van der Waals surface area contributed by atoms with Crippen LogP contribution in [0.1, 0.15) is 17.8 Å². The van der Waals surface area contributed by atoms with Crippen molar-refractivity contribution in [1.82, 2.24) is 20.2 Å². The lowest BCUT2D eigenvalue weighted by atomic mass is 10.1. The van der Waals surface area contributed by atoms with Gasteiger partial charge in [0.1, 0.15) is 0 Å². The maximum Gasteiger partial charge on any atom is 0.164 e. The van der Waals surface area contributed by atoms with E-state index in [1.165, 1.54) is 5.56 Å². The molecule has 1 aromatic carbocycles. The minimum atomic E-state index is 0.387. The second-order valence-corrected chi connectivity index (χ2v) is 3.61. The van der Waals surface area contributed by atoms with Crippen molar-refractivity contribution in [1.29, 1.82) is 0 Å². The van der Waals surface area contributed by atoms with Gasteiger partial charge in [0.2, 0.25) is 0 Å². The zero-order valence-corrected chi connectivity index (χ0v) is 9.08. The van der Waals surface area contributed by atoms with E-state index in [0.717, 1.165) is 25.2 Å². The SMILES string of the molecule is NCc1nnnn1CCCc1ccccc1. The molecule has 0 atom stereocenters. The Morgan fingerprint density at radius 2 is 2.00 bits per heavy atom. The number of nitrogens with two attached hydrogens (primary N) is 1. The van der Waals surface area contributed by atoms with Gasteiger partial charge < -0.3 is 5.73 Å². The topological polar surface area (TPSA) is 69.6 Å². The quantitative estimate of drug-likeness (QED) is 0.803. The molecule has 2 N–H and O–H groups in total. The standard InChI is InChI=1S/C11H15N5/c12-9-11-13-14-15-16(11)8-4-7-10-5-2-1-3-6-10/h1-3,5-6H,4,7-9,12H2. The summed E-state index contributed by atoms with van der Waals surface area (Å²) in [6, 6.07) is 10.4. The molecule has 84 valence electrons. The van der Waals surface area contributed by atoms with Gasteiger partial charge in [-0.2, -0.15) is 0 Å². The van der Waals surface area contributed by atoms with Crippen LogP contribution >= 0.6 is 0 Å². The minimum Gasteiger partial charge on any atom is -0.324 e. The highest BCUT2D eigenvalue weighted by atomic mass is 15.5. The molecular weight excluding hydrogens is 202 g/mol. The molecule has 1 aromatic heterocycles. The van der Waals surface area contributed by atoms with Gasteiger partial charge in [-0.15, -0.1) is 5.10 Å². The van der Waals surface area contributed by atoms with Crippen LogP contribution in [0.3, 0.4) is 0 Å². The van der Waals surface area contributed by atoms with E-state index in [2.05, 4.69) is 39.8 Å². The van der Waals surface area contributed by atoms with Gasteiger partial charge >= 0.3 is 0 Å². The summed E-state index contributed by atoms with van der Waals surface area (Å²) in [6.07, 6.45) is 2.05. The Morgan fingerprint density at radius 3 is 2.75 bits per heavy atom. The minimum absolute atomic E-state index is 0.387. The highest BCUT2D eigenvalue weighted by Crippen LogP contribution is 2.03. The van der Waals surface area contributed by atoms with E-state index in [1.54, 1.807) is 4.68 Å². The molecule has 2 aromatic rings. The van der Waals surface area contributed by atoms with E-state index in [4.69, 9.17) is 5.73 Å². The number of aromatic nitrogens is 4. The van der Waals surface area contributed by atoms with Crippen molar-refractivity contribution in [2.75, 3.05) is 0 Å². The van der Waals surface area contributed by atoms with Crippen molar-refractivity contribution in [3.05, 3.63) is 41.7 Å². The molecule has 0 bridgehead atoms. The van der Waals surface area contributed by atoms with Crippen molar-refractivity contribution in [2.24, 2.45) is 5.73 Å². The Morgan fingerprint density at radius 1 is 1.19 bits per heavy atom. The summed E-state index contributed by atoms with van der Waals surface area (Å²) in [5.41, 5.74) is 6.85. The molecule has 0 aliphatic rings. The summed E-state index contributed by atoms with van der Waals surface area (Å²) < 4.78 is 1.77. The number of rotatable bonds is 5. The van der Waals surface area contributed by atoms with Gasteiger partial charge in [-0.3, -0.25) is 0 Å². The first kappa shape index (κ1) is 10.8. The number of hydrogen-bond acceptors (Lipinski definition) is 4. The zero-order valence-electron chi connectivity index (χ0n) is 9.08. The molecule has 0 saturated carbocycles. The van der Waals surface area contributed by atoms with Crippen LogP contribution in [0.25, 0.3) is 0 Å². The maximum atomic E-state index is 5.51. The van der Waals surface area contributed by atoms with Crippen LogP contribution in [0.15, 0.2) is 30.3 Å². The Hall–Kier alpha value is -1.75. The molecule has 0 aliphatic carbocycles. The molecule has 2 rings (SSSR count). The average molecular weight is 217 g/mol. The van der Waals surface area contributed by atoms with Gasteiger partial charge in [0.15, 0.2) is 5.82 Å². The number of nitrogens with zero attached hydrogens (tertiary/aromatic N) is 4. The summed E-state index contributed by atoms with van der Waals surface area (Å²) in [4.78, 5) is 0. The lowest BCUT2D eigenvalue weighted by Crippen LogP contribution is -2.10. The molecule has 0 amide bonds. The lowest BCUT2D eigenvalue weighted by Gasteiger charge is -2.03. The third-order valence-electron chi connectivity index (χ3n) is 2.47. The molecule has 0 radical (unpaired) electrons. The van der Waals surface area contributed by atoms with Crippen molar-refractivity contribution in [3.8, 4) is 0 Å². The number of tetrazole rings is 1. The van der Waals surface area contributed by atoms with E-state index in [0.29, 0.717) is 6.54 Å². The average Bonchev–Trinajstić information content (AvgIpc) is 2.78. The fourth-order valence-electron chi connectivity index (χ4n) is 1.62. The van der Waals surface area contributed by atoms with Crippen LogP contribution < -0.4 is 5.73 Å². The monoisotopic (exact) mass is 217 g/mol. The van der Waals surface area contributed by atoms with Crippen molar-refractivity contribution in [2.45, 2.75) is 25.9 Å². The maximum absolute atomic E-state index is 5.51. The molecular formula is C11H15N5. The molecule has 5 heteroatoms. The lowest BCUT2D eigenvalue weighted by molar-refractivity contribution is 0.538. The first-order chi connectivity index (χ1) is 7.90. The molecule has 0 aliphatic heterocycles.